The maximum absolute atomic E-state index is 11.5. The van der Waals surface area contributed by atoms with Gasteiger partial charge in [-0.1, -0.05) is 11.6 Å². The van der Waals surface area contributed by atoms with Gasteiger partial charge < -0.3 is 0 Å². The zero-order valence-electron chi connectivity index (χ0n) is 7.73. The van der Waals surface area contributed by atoms with Crippen molar-refractivity contribution in [2.75, 3.05) is 0 Å². The van der Waals surface area contributed by atoms with Crippen molar-refractivity contribution in [3.8, 4) is 0 Å². The van der Waals surface area contributed by atoms with Crippen LogP contribution in [0.15, 0.2) is 23.8 Å². The van der Waals surface area contributed by atoms with Crippen LogP contribution >= 0.6 is 0 Å². The van der Waals surface area contributed by atoms with E-state index in [1.54, 1.807) is 0 Å². The molecule has 0 bridgehead atoms. The number of ketones is 1. The lowest BCUT2D eigenvalue weighted by Gasteiger charge is -2.03. The first kappa shape index (κ1) is 9.24. The molecule has 66 valence electrons. The van der Waals surface area contributed by atoms with Crippen LogP contribution in [0, 0.1) is 0 Å². The summed E-state index contributed by atoms with van der Waals surface area (Å²) in [6, 6.07) is 0. The second kappa shape index (κ2) is 4.24. The highest BCUT2D eigenvalue weighted by molar-refractivity contribution is 5.96. The van der Waals surface area contributed by atoms with E-state index >= 15 is 0 Å². The van der Waals surface area contributed by atoms with Crippen LogP contribution in [0.5, 0.6) is 0 Å². The molecule has 0 saturated carbocycles. The zero-order valence-corrected chi connectivity index (χ0v) is 7.73. The number of carbonyl (C=O) groups excluding carboxylic acids is 1. The van der Waals surface area contributed by atoms with E-state index in [0.29, 0.717) is 5.78 Å². The Morgan fingerprint density at radius 1 is 1.42 bits per heavy atom. The summed E-state index contributed by atoms with van der Waals surface area (Å²) in [7, 11) is 0. The molecule has 0 aromatic carbocycles. The van der Waals surface area contributed by atoms with Crippen LogP contribution in [0.2, 0.25) is 0 Å². The van der Waals surface area contributed by atoms with Crippen LogP contribution in [0.4, 0.5) is 0 Å². The predicted octanol–water partition coefficient (Wildman–Crippen LogP) is 3.02. The molecule has 1 rings (SSSR count). The molecule has 0 spiro atoms. The molecule has 1 aliphatic carbocycles. The molecule has 0 radical (unpaired) electrons. The highest BCUT2D eigenvalue weighted by Gasteiger charge is 2.14. The summed E-state index contributed by atoms with van der Waals surface area (Å²) < 4.78 is 0. The lowest BCUT2D eigenvalue weighted by molar-refractivity contribution is -0.115. The van der Waals surface area contributed by atoms with Crippen molar-refractivity contribution in [3.63, 3.8) is 0 Å². The van der Waals surface area contributed by atoms with Crippen molar-refractivity contribution in [1.29, 1.82) is 0 Å². The Morgan fingerprint density at radius 2 is 2.08 bits per heavy atom. The molecule has 0 N–H and O–H groups in total. The maximum Gasteiger partial charge on any atom is 0.159 e. The Morgan fingerprint density at radius 3 is 2.75 bits per heavy atom. The van der Waals surface area contributed by atoms with Crippen LogP contribution in [0.25, 0.3) is 0 Å². The minimum Gasteiger partial charge on any atom is -0.295 e. The Kier molecular flexibility index (Phi) is 3.27. The zero-order chi connectivity index (χ0) is 8.97. The predicted molar refractivity (Wildman–Crippen MR) is 51.0 cm³/mol. The second-order valence-corrected chi connectivity index (χ2v) is 3.38. The molecule has 0 heterocycles. The van der Waals surface area contributed by atoms with E-state index in [4.69, 9.17) is 0 Å². The van der Waals surface area contributed by atoms with Crippen molar-refractivity contribution < 1.29 is 4.79 Å². The molecule has 1 nitrogen and oxygen atoms in total. The summed E-state index contributed by atoms with van der Waals surface area (Å²) in [5.74, 6) is 0.338. The smallest absolute Gasteiger partial charge is 0.159 e. The molecule has 1 aliphatic rings. The van der Waals surface area contributed by atoms with Gasteiger partial charge in [0.1, 0.15) is 0 Å². The van der Waals surface area contributed by atoms with E-state index in [-0.39, 0.29) is 0 Å². The second-order valence-electron chi connectivity index (χ2n) is 3.38. The van der Waals surface area contributed by atoms with Gasteiger partial charge in [-0.15, -0.1) is 6.58 Å². The first-order valence-corrected chi connectivity index (χ1v) is 4.58. The fourth-order valence-electron chi connectivity index (χ4n) is 1.65. The molecule has 0 saturated heterocycles. The molecular weight excluding hydrogens is 148 g/mol. The van der Waals surface area contributed by atoms with Gasteiger partial charge >= 0.3 is 0 Å². The third-order valence-corrected chi connectivity index (χ3v) is 2.41. The fraction of sp³-hybridized carbons (Fsp3) is 0.545. The van der Waals surface area contributed by atoms with E-state index in [1.165, 1.54) is 5.57 Å². The summed E-state index contributed by atoms with van der Waals surface area (Å²) in [6.07, 6.45) is 6.62. The average molecular weight is 164 g/mol. The van der Waals surface area contributed by atoms with Gasteiger partial charge in [-0.3, -0.25) is 4.79 Å². The molecular formula is C11H16O. The largest absolute Gasteiger partial charge is 0.295 e. The average Bonchev–Trinajstić information content (AvgIpc) is 2.19. The van der Waals surface area contributed by atoms with E-state index in [0.717, 1.165) is 37.7 Å². The molecule has 12 heavy (non-hydrogen) atoms. The first-order valence-electron chi connectivity index (χ1n) is 4.58. The minimum absolute atomic E-state index is 0.338. The molecule has 0 fully saturated rings. The number of hydrogen-bond acceptors (Lipinski definition) is 1. The molecule has 0 aliphatic heterocycles. The number of hydrogen-bond donors (Lipinski definition) is 0. The molecule has 1 heteroatoms. The Bertz CT molecular complexity index is 223. The topological polar surface area (TPSA) is 17.1 Å². The number of rotatable bonds is 2. The molecule has 0 aromatic heterocycles. The monoisotopic (exact) mass is 164 g/mol. The quantitative estimate of drug-likeness (QED) is 0.573. The van der Waals surface area contributed by atoms with Crippen LogP contribution in [-0.4, -0.2) is 5.78 Å². The molecule has 0 atom stereocenters. The lowest BCUT2D eigenvalue weighted by atomic mass is 10.0. The van der Waals surface area contributed by atoms with Crippen LogP contribution in [-0.2, 0) is 4.79 Å². The van der Waals surface area contributed by atoms with Crippen molar-refractivity contribution in [2.24, 2.45) is 0 Å². The van der Waals surface area contributed by atoms with Crippen molar-refractivity contribution in [1.82, 2.24) is 0 Å². The van der Waals surface area contributed by atoms with Crippen LogP contribution in [0.3, 0.4) is 0 Å². The molecule has 0 aromatic rings. The van der Waals surface area contributed by atoms with Gasteiger partial charge in [0.25, 0.3) is 0 Å². The SMILES string of the molecule is C=CCC1=C(C)CCCCC1=O. The fourth-order valence-corrected chi connectivity index (χ4v) is 1.65. The normalized spacial score (nSPS) is 19.2. The van der Waals surface area contributed by atoms with Crippen molar-refractivity contribution in [3.05, 3.63) is 23.8 Å². The number of carbonyl (C=O) groups is 1. The van der Waals surface area contributed by atoms with E-state index < -0.39 is 0 Å². The van der Waals surface area contributed by atoms with Gasteiger partial charge in [-0.05, 0) is 38.2 Å². The molecule has 0 amide bonds. The van der Waals surface area contributed by atoms with E-state index in [9.17, 15) is 4.79 Å². The first-order chi connectivity index (χ1) is 5.75. The third kappa shape index (κ3) is 2.07. The van der Waals surface area contributed by atoms with Crippen LogP contribution < -0.4 is 0 Å². The van der Waals surface area contributed by atoms with Gasteiger partial charge in [0, 0.05) is 6.42 Å². The minimum atomic E-state index is 0.338. The third-order valence-electron chi connectivity index (χ3n) is 2.41. The van der Waals surface area contributed by atoms with Gasteiger partial charge in [-0.2, -0.15) is 0 Å². The Hall–Kier alpha value is -0.850. The Balaban J connectivity index is 2.82. The summed E-state index contributed by atoms with van der Waals surface area (Å²) in [6.45, 7) is 5.74. The Labute approximate surface area is 74.2 Å². The van der Waals surface area contributed by atoms with Crippen LogP contribution in [0.1, 0.15) is 39.0 Å². The summed E-state index contributed by atoms with van der Waals surface area (Å²) in [5, 5.41) is 0. The van der Waals surface area contributed by atoms with E-state index in [2.05, 4.69) is 13.5 Å². The highest BCUT2D eigenvalue weighted by Crippen LogP contribution is 2.23. The maximum atomic E-state index is 11.5. The van der Waals surface area contributed by atoms with Crippen molar-refractivity contribution >= 4 is 5.78 Å². The summed E-state index contributed by atoms with van der Waals surface area (Å²) in [4.78, 5) is 11.5. The lowest BCUT2D eigenvalue weighted by Crippen LogP contribution is -2.01. The summed E-state index contributed by atoms with van der Waals surface area (Å²) in [5.41, 5.74) is 2.29. The van der Waals surface area contributed by atoms with Gasteiger partial charge in [0.05, 0.1) is 0 Å². The van der Waals surface area contributed by atoms with Gasteiger partial charge in [0.15, 0.2) is 5.78 Å². The van der Waals surface area contributed by atoms with Gasteiger partial charge in [-0.25, -0.2) is 0 Å². The molecule has 0 unspecified atom stereocenters. The number of Topliss-reactive ketones (excluding diaryl/α,β-unsaturated/α-hetero) is 1. The van der Waals surface area contributed by atoms with Crippen molar-refractivity contribution in [2.45, 2.75) is 39.0 Å². The van der Waals surface area contributed by atoms with Gasteiger partial charge in [0.2, 0.25) is 0 Å². The standard InChI is InChI=1S/C11H16O/c1-3-6-10-9(2)7-4-5-8-11(10)12/h3H,1,4-8H2,2H3. The highest BCUT2D eigenvalue weighted by atomic mass is 16.1. The number of allylic oxidation sites excluding steroid dienone is 3. The van der Waals surface area contributed by atoms with E-state index in [1.807, 2.05) is 6.08 Å². The summed E-state index contributed by atoms with van der Waals surface area (Å²) >= 11 is 0.